The summed E-state index contributed by atoms with van der Waals surface area (Å²) in [4.78, 5) is 10.5. The van der Waals surface area contributed by atoms with Gasteiger partial charge in [-0.15, -0.1) is 0 Å². The highest BCUT2D eigenvalue weighted by molar-refractivity contribution is 5.69. The van der Waals surface area contributed by atoms with Crippen LogP contribution in [0.2, 0.25) is 0 Å². The lowest BCUT2D eigenvalue weighted by Crippen LogP contribution is -2.24. The van der Waals surface area contributed by atoms with Crippen molar-refractivity contribution >= 4 is 5.97 Å². The first-order valence-corrected chi connectivity index (χ1v) is 2.94. The molecule has 0 spiro atoms. The van der Waals surface area contributed by atoms with Crippen molar-refractivity contribution in [1.82, 2.24) is 5.32 Å². The average Bonchev–Trinajstić information content (AvgIpc) is 1.87. The number of hydrogen-bond donors (Lipinski definition) is 1. The molecule has 9 heavy (non-hydrogen) atoms. The number of carbonyl (C=O) groups excluding carboxylic acids is 1. The van der Waals surface area contributed by atoms with E-state index in [1.54, 1.807) is 0 Å². The van der Waals surface area contributed by atoms with E-state index in [4.69, 9.17) is 0 Å². The molecule has 0 aromatic rings. The maximum atomic E-state index is 10.5. The van der Waals surface area contributed by atoms with Gasteiger partial charge in [0.05, 0.1) is 13.5 Å². The van der Waals surface area contributed by atoms with Gasteiger partial charge >= 0.3 is 5.97 Å². The van der Waals surface area contributed by atoms with Crippen molar-refractivity contribution in [3.63, 3.8) is 0 Å². The van der Waals surface area contributed by atoms with Crippen LogP contribution >= 0.6 is 0 Å². The molecule has 0 aliphatic rings. The summed E-state index contributed by atoms with van der Waals surface area (Å²) in [5, 5.41) is 2.93. The summed E-state index contributed by atoms with van der Waals surface area (Å²) in [5.41, 5.74) is 0. The lowest BCUT2D eigenvalue weighted by Gasteiger charge is -2.06. The minimum atomic E-state index is -0.170. The number of hydrogen-bond acceptors (Lipinski definition) is 3. The van der Waals surface area contributed by atoms with Crippen molar-refractivity contribution in [2.45, 2.75) is 19.4 Å². The standard InChI is InChI=1S/C6H13NO2/c1-5(7-2)4-6(8)9-3/h5,7H,4H2,1-3H3. The molecule has 0 aromatic heterocycles. The Labute approximate surface area is 55.4 Å². The SMILES string of the molecule is CNC(C)CC(=O)OC. The first-order valence-electron chi connectivity index (χ1n) is 2.94. The quantitative estimate of drug-likeness (QED) is 0.554. The molecule has 0 saturated heterocycles. The Morgan fingerprint density at radius 3 is 2.67 bits per heavy atom. The minimum absolute atomic E-state index is 0.170. The van der Waals surface area contributed by atoms with E-state index in [9.17, 15) is 4.79 Å². The third-order valence-corrected chi connectivity index (χ3v) is 1.19. The van der Waals surface area contributed by atoms with E-state index in [0.29, 0.717) is 6.42 Å². The maximum Gasteiger partial charge on any atom is 0.307 e. The van der Waals surface area contributed by atoms with Gasteiger partial charge in [-0.05, 0) is 14.0 Å². The largest absolute Gasteiger partial charge is 0.469 e. The van der Waals surface area contributed by atoms with Crippen LogP contribution in [0.15, 0.2) is 0 Å². The van der Waals surface area contributed by atoms with Gasteiger partial charge in [0, 0.05) is 6.04 Å². The summed E-state index contributed by atoms with van der Waals surface area (Å²) in [6, 6.07) is 0.206. The molecule has 0 amide bonds. The van der Waals surface area contributed by atoms with Gasteiger partial charge in [-0.3, -0.25) is 4.79 Å². The van der Waals surface area contributed by atoms with E-state index in [1.807, 2.05) is 14.0 Å². The fraction of sp³-hybridized carbons (Fsp3) is 0.833. The molecule has 1 atom stereocenters. The van der Waals surface area contributed by atoms with Crippen LogP contribution in [0.5, 0.6) is 0 Å². The minimum Gasteiger partial charge on any atom is -0.469 e. The summed E-state index contributed by atoms with van der Waals surface area (Å²) >= 11 is 0. The van der Waals surface area contributed by atoms with Gasteiger partial charge in [-0.25, -0.2) is 0 Å². The molecule has 0 aliphatic carbocycles. The molecule has 1 unspecified atom stereocenters. The second-order valence-corrected chi connectivity index (χ2v) is 1.97. The molecule has 0 heterocycles. The fourth-order valence-electron chi connectivity index (χ4n) is 0.435. The average molecular weight is 131 g/mol. The number of methoxy groups -OCH3 is 1. The van der Waals surface area contributed by atoms with Crippen LogP contribution in [-0.4, -0.2) is 26.2 Å². The van der Waals surface area contributed by atoms with E-state index in [2.05, 4.69) is 10.1 Å². The van der Waals surface area contributed by atoms with E-state index < -0.39 is 0 Å². The van der Waals surface area contributed by atoms with Crippen molar-refractivity contribution in [2.24, 2.45) is 0 Å². The number of carbonyl (C=O) groups is 1. The van der Waals surface area contributed by atoms with Gasteiger partial charge < -0.3 is 10.1 Å². The number of esters is 1. The monoisotopic (exact) mass is 131 g/mol. The van der Waals surface area contributed by atoms with Crippen LogP contribution in [-0.2, 0) is 9.53 Å². The predicted molar refractivity (Wildman–Crippen MR) is 35.2 cm³/mol. The zero-order chi connectivity index (χ0) is 7.28. The van der Waals surface area contributed by atoms with E-state index in [-0.39, 0.29) is 12.0 Å². The van der Waals surface area contributed by atoms with E-state index in [1.165, 1.54) is 7.11 Å². The molecule has 0 saturated carbocycles. The van der Waals surface area contributed by atoms with Crippen molar-refractivity contribution in [2.75, 3.05) is 14.2 Å². The lowest BCUT2D eigenvalue weighted by atomic mass is 10.2. The van der Waals surface area contributed by atoms with Crippen LogP contribution in [0, 0.1) is 0 Å². The second-order valence-electron chi connectivity index (χ2n) is 1.97. The molecule has 0 bridgehead atoms. The Bertz CT molecular complexity index is 93.1. The van der Waals surface area contributed by atoms with Gasteiger partial charge in [0.15, 0.2) is 0 Å². The molecule has 0 radical (unpaired) electrons. The predicted octanol–water partition coefficient (Wildman–Crippen LogP) is 0.157. The molecule has 0 aromatic carbocycles. The molecule has 0 fully saturated rings. The van der Waals surface area contributed by atoms with Gasteiger partial charge in [0.1, 0.15) is 0 Å². The number of ether oxygens (including phenoxy) is 1. The van der Waals surface area contributed by atoms with Gasteiger partial charge in [-0.1, -0.05) is 0 Å². The van der Waals surface area contributed by atoms with Crippen molar-refractivity contribution in [3.05, 3.63) is 0 Å². The van der Waals surface area contributed by atoms with Crippen molar-refractivity contribution < 1.29 is 9.53 Å². The normalized spacial score (nSPS) is 12.8. The Balaban J connectivity index is 3.34. The van der Waals surface area contributed by atoms with Gasteiger partial charge in [0.2, 0.25) is 0 Å². The Morgan fingerprint density at radius 1 is 1.78 bits per heavy atom. The lowest BCUT2D eigenvalue weighted by molar-refractivity contribution is -0.141. The van der Waals surface area contributed by atoms with Gasteiger partial charge in [0.25, 0.3) is 0 Å². The van der Waals surface area contributed by atoms with Crippen LogP contribution in [0.4, 0.5) is 0 Å². The molecule has 0 aliphatic heterocycles. The zero-order valence-electron chi connectivity index (χ0n) is 6.10. The molecule has 54 valence electrons. The maximum absolute atomic E-state index is 10.5. The Hall–Kier alpha value is -0.570. The third-order valence-electron chi connectivity index (χ3n) is 1.19. The highest BCUT2D eigenvalue weighted by Gasteiger charge is 2.04. The van der Waals surface area contributed by atoms with Crippen LogP contribution in [0.25, 0.3) is 0 Å². The van der Waals surface area contributed by atoms with Crippen LogP contribution in [0.3, 0.4) is 0 Å². The summed E-state index contributed by atoms with van der Waals surface area (Å²) in [5.74, 6) is -0.170. The van der Waals surface area contributed by atoms with Crippen LogP contribution < -0.4 is 5.32 Å². The first kappa shape index (κ1) is 8.43. The van der Waals surface area contributed by atoms with E-state index >= 15 is 0 Å². The summed E-state index contributed by atoms with van der Waals surface area (Å²) in [7, 11) is 3.21. The van der Waals surface area contributed by atoms with E-state index in [0.717, 1.165) is 0 Å². The number of nitrogens with one attached hydrogen (secondary N) is 1. The summed E-state index contributed by atoms with van der Waals surface area (Å²) in [6.07, 6.45) is 0.438. The number of rotatable bonds is 3. The third kappa shape index (κ3) is 3.97. The molecule has 3 nitrogen and oxygen atoms in total. The van der Waals surface area contributed by atoms with Crippen molar-refractivity contribution in [1.29, 1.82) is 0 Å². The fourth-order valence-corrected chi connectivity index (χ4v) is 0.435. The molecule has 3 heteroatoms. The Kier molecular flexibility index (Phi) is 4.05. The van der Waals surface area contributed by atoms with Crippen LogP contribution in [0.1, 0.15) is 13.3 Å². The summed E-state index contributed by atoms with van der Waals surface area (Å²) in [6.45, 7) is 1.93. The second kappa shape index (κ2) is 4.32. The summed E-state index contributed by atoms with van der Waals surface area (Å²) < 4.78 is 4.44. The Morgan fingerprint density at radius 2 is 2.33 bits per heavy atom. The smallest absolute Gasteiger partial charge is 0.307 e. The highest BCUT2D eigenvalue weighted by atomic mass is 16.5. The first-order chi connectivity index (χ1) is 4.20. The molecular weight excluding hydrogens is 118 g/mol. The zero-order valence-corrected chi connectivity index (χ0v) is 6.10. The molecule has 1 N–H and O–H groups in total. The molecular formula is C6H13NO2. The van der Waals surface area contributed by atoms with Crippen molar-refractivity contribution in [3.8, 4) is 0 Å². The van der Waals surface area contributed by atoms with Gasteiger partial charge in [-0.2, -0.15) is 0 Å². The highest BCUT2D eigenvalue weighted by Crippen LogP contribution is 1.90. The topological polar surface area (TPSA) is 38.3 Å². The molecule has 0 rings (SSSR count).